The van der Waals surface area contributed by atoms with Crippen LogP contribution in [0.3, 0.4) is 0 Å². The fourth-order valence-electron chi connectivity index (χ4n) is 2.66. The van der Waals surface area contributed by atoms with Crippen LogP contribution in [0.2, 0.25) is 0 Å². The molecule has 1 aliphatic carbocycles. The molecule has 1 aromatic rings. The molecule has 15 heavy (non-hydrogen) atoms. The van der Waals surface area contributed by atoms with E-state index in [4.69, 9.17) is 5.73 Å². The van der Waals surface area contributed by atoms with Gasteiger partial charge in [-0.05, 0) is 41.4 Å². The maximum Gasteiger partial charge on any atom is 0.0302 e. The second-order valence-electron chi connectivity index (χ2n) is 5.54. The lowest BCUT2D eigenvalue weighted by molar-refractivity contribution is 0.283. The lowest BCUT2D eigenvalue weighted by atomic mass is 9.72. The summed E-state index contributed by atoms with van der Waals surface area (Å²) in [6.07, 6.45) is 3.37. The summed E-state index contributed by atoms with van der Waals surface area (Å²) < 4.78 is 0. The molecule has 0 amide bonds. The Hall–Kier alpha value is -0.820. The van der Waals surface area contributed by atoms with Crippen LogP contribution in [0.5, 0.6) is 0 Å². The lowest BCUT2D eigenvalue weighted by Crippen LogP contribution is -2.29. The van der Waals surface area contributed by atoms with Gasteiger partial charge in [-0.2, -0.15) is 0 Å². The molecule has 2 rings (SSSR count). The SMILES string of the molecule is CCc1ccc2c(c1)C(N)CC(C)(C)C2. The highest BCUT2D eigenvalue weighted by Gasteiger charge is 2.29. The molecule has 0 aliphatic heterocycles. The van der Waals surface area contributed by atoms with Gasteiger partial charge in [0.15, 0.2) is 0 Å². The highest BCUT2D eigenvalue weighted by atomic mass is 14.7. The highest BCUT2D eigenvalue weighted by molar-refractivity contribution is 5.37. The molecule has 2 N–H and O–H groups in total. The largest absolute Gasteiger partial charge is 0.324 e. The zero-order chi connectivity index (χ0) is 11.1. The van der Waals surface area contributed by atoms with E-state index in [-0.39, 0.29) is 6.04 Å². The van der Waals surface area contributed by atoms with E-state index in [1.807, 2.05) is 0 Å². The smallest absolute Gasteiger partial charge is 0.0302 e. The van der Waals surface area contributed by atoms with Crippen molar-refractivity contribution in [3.63, 3.8) is 0 Å². The van der Waals surface area contributed by atoms with Gasteiger partial charge >= 0.3 is 0 Å². The number of fused-ring (bicyclic) bond motifs is 1. The molecule has 0 fully saturated rings. The standard InChI is InChI=1S/C14H21N/c1-4-10-5-6-11-8-14(2,3)9-13(15)12(11)7-10/h5-7,13H,4,8-9,15H2,1-3H3. The van der Waals surface area contributed by atoms with Gasteiger partial charge in [-0.3, -0.25) is 0 Å². The Morgan fingerprint density at radius 3 is 2.80 bits per heavy atom. The monoisotopic (exact) mass is 203 g/mol. The van der Waals surface area contributed by atoms with E-state index in [1.165, 1.54) is 23.1 Å². The first kappa shape index (κ1) is 10.7. The molecule has 0 saturated heterocycles. The fraction of sp³-hybridized carbons (Fsp3) is 0.571. The van der Waals surface area contributed by atoms with Crippen LogP contribution in [-0.4, -0.2) is 0 Å². The summed E-state index contributed by atoms with van der Waals surface area (Å²) in [7, 11) is 0. The van der Waals surface area contributed by atoms with Crippen LogP contribution in [0.4, 0.5) is 0 Å². The minimum atomic E-state index is 0.232. The van der Waals surface area contributed by atoms with E-state index in [9.17, 15) is 0 Å². The summed E-state index contributed by atoms with van der Waals surface area (Å²) in [5.41, 5.74) is 10.9. The number of hydrogen-bond acceptors (Lipinski definition) is 1. The Labute approximate surface area is 92.7 Å². The fourth-order valence-corrected chi connectivity index (χ4v) is 2.66. The van der Waals surface area contributed by atoms with Gasteiger partial charge in [0.05, 0.1) is 0 Å². The van der Waals surface area contributed by atoms with Crippen molar-refractivity contribution in [2.75, 3.05) is 0 Å². The van der Waals surface area contributed by atoms with Gasteiger partial charge in [0, 0.05) is 6.04 Å². The minimum absolute atomic E-state index is 0.232. The zero-order valence-corrected chi connectivity index (χ0v) is 10.0. The van der Waals surface area contributed by atoms with Crippen molar-refractivity contribution in [3.8, 4) is 0 Å². The normalized spacial score (nSPS) is 23.6. The topological polar surface area (TPSA) is 26.0 Å². The molecule has 0 heterocycles. The van der Waals surface area contributed by atoms with Crippen LogP contribution in [0.25, 0.3) is 0 Å². The molecule has 0 saturated carbocycles. The summed E-state index contributed by atoms with van der Waals surface area (Å²) in [5.74, 6) is 0. The summed E-state index contributed by atoms with van der Waals surface area (Å²) in [5, 5.41) is 0. The second kappa shape index (κ2) is 3.64. The Balaban J connectivity index is 2.41. The Kier molecular flexibility index (Phi) is 2.59. The predicted octanol–water partition coefficient (Wildman–Crippen LogP) is 3.22. The molecule has 82 valence electrons. The molecule has 1 atom stereocenters. The van der Waals surface area contributed by atoms with E-state index < -0.39 is 0 Å². The first-order chi connectivity index (χ1) is 7.02. The lowest BCUT2D eigenvalue weighted by Gasteiger charge is -2.35. The van der Waals surface area contributed by atoms with E-state index in [0.717, 1.165) is 12.8 Å². The third-order valence-electron chi connectivity index (χ3n) is 3.46. The average Bonchev–Trinajstić information content (AvgIpc) is 2.15. The summed E-state index contributed by atoms with van der Waals surface area (Å²) in [4.78, 5) is 0. The zero-order valence-electron chi connectivity index (χ0n) is 10.0. The van der Waals surface area contributed by atoms with Crippen molar-refractivity contribution < 1.29 is 0 Å². The van der Waals surface area contributed by atoms with Gasteiger partial charge < -0.3 is 5.73 Å². The molecule has 1 aliphatic rings. The molecule has 1 aromatic carbocycles. The van der Waals surface area contributed by atoms with Crippen LogP contribution in [0.15, 0.2) is 18.2 Å². The van der Waals surface area contributed by atoms with Crippen molar-refractivity contribution in [3.05, 3.63) is 34.9 Å². The number of hydrogen-bond donors (Lipinski definition) is 1. The van der Waals surface area contributed by atoms with Crippen molar-refractivity contribution in [1.29, 1.82) is 0 Å². The van der Waals surface area contributed by atoms with E-state index in [2.05, 4.69) is 39.0 Å². The van der Waals surface area contributed by atoms with E-state index in [0.29, 0.717) is 5.41 Å². The van der Waals surface area contributed by atoms with Crippen molar-refractivity contribution in [1.82, 2.24) is 0 Å². The number of benzene rings is 1. The quantitative estimate of drug-likeness (QED) is 0.745. The van der Waals surface area contributed by atoms with Gasteiger partial charge in [0.25, 0.3) is 0 Å². The molecule has 1 heteroatoms. The second-order valence-corrected chi connectivity index (χ2v) is 5.54. The molecular weight excluding hydrogens is 182 g/mol. The van der Waals surface area contributed by atoms with Gasteiger partial charge in [0.1, 0.15) is 0 Å². The third-order valence-corrected chi connectivity index (χ3v) is 3.46. The predicted molar refractivity (Wildman–Crippen MR) is 64.9 cm³/mol. The van der Waals surface area contributed by atoms with Crippen LogP contribution in [0, 0.1) is 5.41 Å². The van der Waals surface area contributed by atoms with Gasteiger partial charge in [0.2, 0.25) is 0 Å². The summed E-state index contributed by atoms with van der Waals surface area (Å²) >= 11 is 0. The maximum absolute atomic E-state index is 6.25. The summed E-state index contributed by atoms with van der Waals surface area (Å²) in [6, 6.07) is 7.05. The van der Waals surface area contributed by atoms with Crippen molar-refractivity contribution in [2.24, 2.45) is 11.1 Å². The molecule has 0 bridgehead atoms. The minimum Gasteiger partial charge on any atom is -0.324 e. The van der Waals surface area contributed by atoms with Crippen molar-refractivity contribution in [2.45, 2.75) is 46.1 Å². The summed E-state index contributed by atoms with van der Waals surface area (Å²) in [6.45, 7) is 6.81. The molecule has 0 spiro atoms. The average molecular weight is 203 g/mol. The Morgan fingerprint density at radius 1 is 1.40 bits per heavy atom. The van der Waals surface area contributed by atoms with Crippen molar-refractivity contribution >= 4 is 0 Å². The third kappa shape index (κ3) is 2.07. The van der Waals surface area contributed by atoms with Gasteiger partial charge in [-0.1, -0.05) is 39.0 Å². The molecule has 0 aromatic heterocycles. The molecule has 0 radical (unpaired) electrons. The van der Waals surface area contributed by atoms with Crippen LogP contribution >= 0.6 is 0 Å². The first-order valence-electron chi connectivity index (χ1n) is 5.89. The maximum atomic E-state index is 6.25. The highest BCUT2D eigenvalue weighted by Crippen LogP contribution is 2.39. The van der Waals surface area contributed by atoms with E-state index in [1.54, 1.807) is 0 Å². The Bertz CT molecular complexity index is 366. The van der Waals surface area contributed by atoms with Gasteiger partial charge in [-0.15, -0.1) is 0 Å². The molecular formula is C14H21N. The Morgan fingerprint density at radius 2 is 2.13 bits per heavy atom. The molecule has 1 nitrogen and oxygen atoms in total. The van der Waals surface area contributed by atoms with E-state index >= 15 is 0 Å². The number of rotatable bonds is 1. The molecule has 1 unspecified atom stereocenters. The number of aryl methyl sites for hydroxylation is 1. The van der Waals surface area contributed by atoms with Gasteiger partial charge in [-0.25, -0.2) is 0 Å². The van der Waals surface area contributed by atoms with Crippen LogP contribution < -0.4 is 5.73 Å². The van der Waals surface area contributed by atoms with Crippen LogP contribution in [0.1, 0.15) is 49.9 Å². The first-order valence-corrected chi connectivity index (χ1v) is 5.89. The van der Waals surface area contributed by atoms with Crippen LogP contribution in [-0.2, 0) is 12.8 Å². The number of nitrogens with two attached hydrogens (primary N) is 1.